The van der Waals surface area contributed by atoms with E-state index in [1.165, 1.54) is 11.4 Å². The number of nitrogens with zero attached hydrogens (tertiary/aromatic N) is 9. The number of fused-ring (bicyclic) bond motifs is 2. The SMILES string of the molecule is COc1cc(N2CCC(N3CCN(C)CC3)CC2)ccc1Nc1nc(Nc2ccc3nccnc3c2N(C)S(C)(=O)=O)c2c(ccn2COCC[Si](C)(C)C)n1. The Bertz CT molecular complexity index is 2270. The minimum atomic E-state index is -3.67. The highest BCUT2D eigenvalue weighted by Gasteiger charge is 2.28. The maximum absolute atomic E-state index is 12.9. The van der Waals surface area contributed by atoms with Gasteiger partial charge in [-0.25, -0.2) is 13.4 Å². The van der Waals surface area contributed by atoms with Crippen molar-refractivity contribution in [2.24, 2.45) is 0 Å². The number of rotatable bonds is 14. The van der Waals surface area contributed by atoms with Crippen LogP contribution >= 0.6 is 0 Å². The summed E-state index contributed by atoms with van der Waals surface area (Å²) in [5, 5.41) is 6.87. The molecule has 0 aliphatic carbocycles. The fourth-order valence-electron chi connectivity index (χ4n) is 7.41. The van der Waals surface area contributed by atoms with Gasteiger partial charge in [0.2, 0.25) is 16.0 Å². The molecule has 2 fully saturated rings. The minimum Gasteiger partial charge on any atom is -0.494 e. The molecular formula is C39H55N11O4SSi. The lowest BCUT2D eigenvalue weighted by Crippen LogP contribution is -2.52. The van der Waals surface area contributed by atoms with Gasteiger partial charge in [-0.3, -0.25) is 19.2 Å². The maximum Gasteiger partial charge on any atom is 0.232 e. The first-order valence-electron chi connectivity index (χ1n) is 19.3. The maximum atomic E-state index is 12.9. The molecule has 2 aliphatic heterocycles. The standard InChI is InChI=1S/C39H55N11O4SSi/c1-46-20-22-49(23-21-46)28-12-17-48(18-13-28)29-8-9-30(34(26-29)53-3)43-39-44-33-14-19-50(27-54-24-25-56(5,6)7)37(33)38(45-39)42-32-11-10-31-35(41-16-15-40-31)36(32)47(2)55(4,51)52/h8-11,14-16,19,26,28H,12-13,17-18,20-25,27H2,1-7H3,(H2,42,43,44,45). The molecular weight excluding hydrogens is 747 g/mol. The molecule has 0 saturated carbocycles. The van der Waals surface area contributed by atoms with Crippen LogP contribution in [0, 0.1) is 0 Å². The zero-order valence-electron chi connectivity index (χ0n) is 33.6. The van der Waals surface area contributed by atoms with Crippen molar-refractivity contribution in [3.8, 4) is 5.75 Å². The predicted octanol–water partition coefficient (Wildman–Crippen LogP) is 5.79. The minimum absolute atomic E-state index is 0.306. The second-order valence-corrected chi connectivity index (χ2v) is 23.7. The second kappa shape index (κ2) is 16.5. The van der Waals surface area contributed by atoms with Crippen LogP contribution in [0.15, 0.2) is 55.0 Å². The van der Waals surface area contributed by atoms with Gasteiger partial charge in [-0.05, 0) is 56.3 Å². The lowest BCUT2D eigenvalue weighted by molar-refractivity contribution is 0.0903. The van der Waals surface area contributed by atoms with Gasteiger partial charge in [0.15, 0.2) is 5.82 Å². The third-order valence-corrected chi connectivity index (χ3v) is 13.7. The van der Waals surface area contributed by atoms with Gasteiger partial charge in [0.25, 0.3) is 0 Å². The van der Waals surface area contributed by atoms with Crippen LogP contribution in [-0.4, -0.2) is 130 Å². The summed E-state index contributed by atoms with van der Waals surface area (Å²) in [6.07, 6.45) is 8.51. The Morgan fingerprint density at radius 1 is 0.911 bits per heavy atom. The summed E-state index contributed by atoms with van der Waals surface area (Å²) in [4.78, 5) is 26.4. The molecule has 2 saturated heterocycles. The zero-order valence-corrected chi connectivity index (χ0v) is 35.4. The molecule has 2 N–H and O–H groups in total. The number of piperidine rings is 1. The molecule has 7 rings (SSSR count). The number of benzene rings is 2. The number of methoxy groups -OCH3 is 1. The molecule has 15 nitrogen and oxygen atoms in total. The van der Waals surface area contributed by atoms with Crippen molar-refractivity contribution in [3.63, 3.8) is 0 Å². The summed E-state index contributed by atoms with van der Waals surface area (Å²) in [5.41, 5.74) is 5.07. The molecule has 0 amide bonds. The van der Waals surface area contributed by atoms with E-state index in [1.807, 2.05) is 29.0 Å². The van der Waals surface area contributed by atoms with Gasteiger partial charge in [0.05, 0.1) is 35.8 Å². The highest BCUT2D eigenvalue weighted by molar-refractivity contribution is 7.92. The summed E-state index contributed by atoms with van der Waals surface area (Å²) < 4.78 is 41.1. The van der Waals surface area contributed by atoms with Gasteiger partial charge in [0, 0.05) is 97.4 Å². The number of anilines is 6. The lowest BCUT2D eigenvalue weighted by Gasteiger charge is -2.42. The van der Waals surface area contributed by atoms with E-state index in [0.29, 0.717) is 70.3 Å². The first-order valence-corrected chi connectivity index (χ1v) is 24.8. The molecule has 5 aromatic rings. The third kappa shape index (κ3) is 9.02. The monoisotopic (exact) mass is 801 g/mol. The van der Waals surface area contributed by atoms with Gasteiger partial charge in [-0.15, -0.1) is 0 Å². The van der Waals surface area contributed by atoms with Crippen LogP contribution in [0.3, 0.4) is 0 Å². The molecule has 17 heteroatoms. The number of hydrogen-bond acceptors (Lipinski definition) is 13. The largest absolute Gasteiger partial charge is 0.494 e. The van der Waals surface area contributed by atoms with Gasteiger partial charge < -0.3 is 34.5 Å². The van der Waals surface area contributed by atoms with Crippen LogP contribution in [0.5, 0.6) is 5.75 Å². The number of sulfonamides is 1. The number of hydrogen-bond donors (Lipinski definition) is 2. The number of nitrogens with one attached hydrogen (secondary N) is 2. The Morgan fingerprint density at radius 2 is 1.64 bits per heavy atom. The van der Waals surface area contributed by atoms with E-state index in [4.69, 9.17) is 19.4 Å². The van der Waals surface area contributed by atoms with E-state index in [9.17, 15) is 8.42 Å². The first-order chi connectivity index (χ1) is 26.8. The van der Waals surface area contributed by atoms with E-state index in [0.717, 1.165) is 75.8 Å². The van der Waals surface area contributed by atoms with E-state index in [1.54, 1.807) is 25.6 Å². The van der Waals surface area contributed by atoms with Crippen molar-refractivity contribution in [1.82, 2.24) is 34.3 Å². The third-order valence-electron chi connectivity index (χ3n) is 10.8. The quantitative estimate of drug-likeness (QED) is 0.103. The number of ether oxygens (including phenoxy) is 2. The molecule has 300 valence electrons. The molecule has 0 unspecified atom stereocenters. The van der Waals surface area contributed by atoms with Crippen LogP contribution < -0.4 is 24.6 Å². The van der Waals surface area contributed by atoms with Crippen molar-refractivity contribution in [1.29, 1.82) is 0 Å². The number of aromatic nitrogens is 5. The Kier molecular flexibility index (Phi) is 11.7. The molecule has 5 heterocycles. The molecule has 0 radical (unpaired) electrons. The predicted molar refractivity (Wildman–Crippen MR) is 228 cm³/mol. The molecule has 0 bridgehead atoms. The molecule has 0 spiro atoms. The van der Waals surface area contributed by atoms with Gasteiger partial charge >= 0.3 is 0 Å². The fourth-order valence-corrected chi connectivity index (χ4v) is 8.68. The Hall–Kier alpha value is -4.55. The fraction of sp³-hybridized carbons (Fsp3) is 0.487. The van der Waals surface area contributed by atoms with Crippen molar-refractivity contribution in [2.45, 2.75) is 51.3 Å². The Labute approximate surface area is 331 Å². The van der Waals surface area contributed by atoms with Crippen LogP contribution in [0.2, 0.25) is 25.7 Å². The topological polar surface area (TPSA) is 146 Å². The normalized spacial score (nSPS) is 16.4. The summed E-state index contributed by atoms with van der Waals surface area (Å²) in [5.74, 6) is 1.48. The first kappa shape index (κ1) is 39.7. The molecule has 3 aromatic heterocycles. The van der Waals surface area contributed by atoms with E-state index in [2.05, 4.69) is 74.1 Å². The summed E-state index contributed by atoms with van der Waals surface area (Å²) in [7, 11) is 0.426. The molecule has 2 aliphatic rings. The smallest absolute Gasteiger partial charge is 0.232 e. The summed E-state index contributed by atoms with van der Waals surface area (Å²) in [6, 6.07) is 13.4. The van der Waals surface area contributed by atoms with Gasteiger partial charge in [-0.1, -0.05) is 19.6 Å². The highest BCUT2D eigenvalue weighted by atomic mass is 32.2. The van der Waals surface area contributed by atoms with Crippen molar-refractivity contribution >= 4 is 74.7 Å². The van der Waals surface area contributed by atoms with E-state index < -0.39 is 18.1 Å². The van der Waals surface area contributed by atoms with E-state index in [-0.39, 0.29) is 0 Å². The molecule has 0 atom stereocenters. The van der Waals surface area contributed by atoms with Crippen molar-refractivity contribution < 1.29 is 17.9 Å². The van der Waals surface area contributed by atoms with Crippen LogP contribution in [0.4, 0.5) is 34.5 Å². The highest BCUT2D eigenvalue weighted by Crippen LogP contribution is 2.38. The summed E-state index contributed by atoms with van der Waals surface area (Å²) in [6.45, 7) is 14.5. The van der Waals surface area contributed by atoms with Gasteiger partial charge in [0.1, 0.15) is 29.2 Å². The zero-order chi connectivity index (χ0) is 39.6. The Balaban J connectivity index is 1.19. The molecule has 2 aromatic carbocycles. The Morgan fingerprint density at radius 3 is 2.36 bits per heavy atom. The van der Waals surface area contributed by atoms with Crippen molar-refractivity contribution in [3.05, 3.63) is 55.0 Å². The lowest BCUT2D eigenvalue weighted by atomic mass is 10.0. The van der Waals surface area contributed by atoms with Crippen LogP contribution in [0.25, 0.3) is 22.1 Å². The number of piperazine rings is 1. The average Bonchev–Trinajstić information content (AvgIpc) is 3.59. The van der Waals surface area contributed by atoms with Crippen LogP contribution in [-0.2, 0) is 21.5 Å². The average molecular weight is 802 g/mol. The second-order valence-electron chi connectivity index (χ2n) is 16.1. The van der Waals surface area contributed by atoms with Gasteiger partial charge in [-0.2, -0.15) is 4.98 Å². The van der Waals surface area contributed by atoms with Crippen molar-refractivity contribution in [2.75, 3.05) is 93.2 Å². The number of likely N-dealkylation sites (N-methyl/N-ethyl adjacent to an activating group) is 1. The van der Waals surface area contributed by atoms with E-state index >= 15 is 0 Å². The molecule has 56 heavy (non-hydrogen) atoms. The van der Waals surface area contributed by atoms with Crippen LogP contribution in [0.1, 0.15) is 12.8 Å². The summed E-state index contributed by atoms with van der Waals surface area (Å²) >= 11 is 0.